The number of methoxy groups -OCH3 is 1. The molecule has 2 aliphatic heterocycles. The third-order valence-electron chi connectivity index (χ3n) is 4.49. The molecule has 0 saturated carbocycles. The Hall–Kier alpha value is -1.15. The van der Waals surface area contributed by atoms with Crippen LogP contribution in [0.25, 0.3) is 0 Å². The molecular weight excluding hydrogens is 417 g/mol. The molecule has 0 unspecified atom stereocenters. The van der Waals surface area contributed by atoms with E-state index in [0.717, 1.165) is 45.0 Å². The van der Waals surface area contributed by atoms with Crippen LogP contribution < -0.4 is 9.64 Å². The zero-order valence-electron chi connectivity index (χ0n) is 13.8. The van der Waals surface area contributed by atoms with Crippen LogP contribution in [-0.4, -0.2) is 76.7 Å². The van der Waals surface area contributed by atoms with Crippen molar-refractivity contribution in [2.24, 2.45) is 0 Å². The molecule has 1 fully saturated rings. The summed E-state index contributed by atoms with van der Waals surface area (Å²) in [4.78, 5) is 12.8. The predicted octanol–water partition coefficient (Wildman–Crippen LogP) is 2.22. The third-order valence-corrected chi connectivity index (χ3v) is 8.44. The summed E-state index contributed by atoms with van der Waals surface area (Å²) in [5, 5.41) is 0. The maximum atomic E-state index is 13.5. The topological polar surface area (TPSA) is 41.5 Å². The van der Waals surface area contributed by atoms with Crippen molar-refractivity contribution in [1.29, 1.82) is 0 Å². The van der Waals surface area contributed by atoms with E-state index in [-0.39, 0.29) is 0 Å². The Bertz CT molecular complexity index is 632. The fourth-order valence-electron chi connectivity index (χ4n) is 3.11. The van der Waals surface area contributed by atoms with E-state index in [1.54, 1.807) is 19.4 Å². The quantitative estimate of drug-likeness (QED) is 0.682. The van der Waals surface area contributed by atoms with Crippen LogP contribution in [0.15, 0.2) is 31.6 Å². The van der Waals surface area contributed by atoms with Crippen LogP contribution in [0, 0.1) is 0 Å². The van der Waals surface area contributed by atoms with Gasteiger partial charge in [-0.2, -0.15) is 0 Å². The summed E-state index contributed by atoms with van der Waals surface area (Å²) in [6.45, 7) is 4.50. The third kappa shape index (κ3) is 4.08. The molecule has 3 rings (SSSR count). The van der Waals surface area contributed by atoms with Crippen molar-refractivity contribution < 1.29 is 11.8 Å². The summed E-state index contributed by atoms with van der Waals surface area (Å²) < 4.78 is 33.2. The van der Waals surface area contributed by atoms with Crippen LogP contribution in [0.5, 0.6) is 5.75 Å². The first-order chi connectivity index (χ1) is 11.7. The van der Waals surface area contributed by atoms with Gasteiger partial charge in [0.25, 0.3) is 0 Å². The van der Waals surface area contributed by atoms with Gasteiger partial charge in [-0.25, -0.2) is 4.98 Å². The van der Waals surface area contributed by atoms with E-state index in [2.05, 4.69) is 19.8 Å². The molecule has 0 spiro atoms. The molecule has 0 aromatic carbocycles. The van der Waals surface area contributed by atoms with Gasteiger partial charge in [-0.15, -0.1) is 0 Å². The number of aromatic nitrogens is 2. The Balaban J connectivity index is 1.45. The van der Waals surface area contributed by atoms with Gasteiger partial charge >= 0.3 is 137 Å². The number of ether oxygens (including phenoxy) is 1. The SMILES string of the molecule is COc1cncnc1N1CCN(CCCC2=[C](F)[In]([F])[CH]=C2)CC1. The molecule has 0 amide bonds. The van der Waals surface area contributed by atoms with Gasteiger partial charge in [0.1, 0.15) is 0 Å². The second kappa shape index (κ2) is 8.29. The van der Waals surface area contributed by atoms with Crippen molar-refractivity contribution in [3.63, 3.8) is 0 Å². The summed E-state index contributed by atoms with van der Waals surface area (Å²) in [6.07, 6.45) is 6.37. The molecule has 1 aromatic heterocycles. The number of nitrogens with zero attached hydrogens (tertiary/aromatic N) is 4. The van der Waals surface area contributed by atoms with E-state index >= 15 is 0 Å². The number of hydrogen-bond acceptors (Lipinski definition) is 5. The Labute approximate surface area is 149 Å². The van der Waals surface area contributed by atoms with Crippen molar-refractivity contribution in [1.82, 2.24) is 14.9 Å². The first-order valence-electron chi connectivity index (χ1n) is 8.21. The number of anilines is 1. The molecule has 0 radical (unpaired) electrons. The summed E-state index contributed by atoms with van der Waals surface area (Å²) in [7, 11) is 1.62. The van der Waals surface area contributed by atoms with Gasteiger partial charge in [-0.1, -0.05) is 0 Å². The first-order valence-corrected chi connectivity index (χ1v) is 13.0. The van der Waals surface area contributed by atoms with E-state index < -0.39 is 25.6 Å². The molecule has 0 bridgehead atoms. The molecule has 1 aromatic rings. The van der Waals surface area contributed by atoms with Crippen LogP contribution in [0.2, 0.25) is 0 Å². The van der Waals surface area contributed by atoms with Gasteiger partial charge in [0, 0.05) is 0 Å². The average molecular weight is 438 g/mol. The molecule has 0 aliphatic carbocycles. The fraction of sp³-hybridized carbons (Fsp3) is 0.500. The van der Waals surface area contributed by atoms with Crippen LogP contribution in [0.1, 0.15) is 12.8 Å². The molecule has 1 saturated heterocycles. The monoisotopic (exact) mass is 438 g/mol. The Morgan fingerprint density at radius 2 is 2.08 bits per heavy atom. The van der Waals surface area contributed by atoms with Crippen LogP contribution in [0.3, 0.4) is 0 Å². The van der Waals surface area contributed by atoms with Crippen LogP contribution >= 0.6 is 0 Å². The van der Waals surface area contributed by atoms with Crippen molar-refractivity contribution in [3.05, 3.63) is 31.6 Å². The Morgan fingerprint density at radius 1 is 1.29 bits per heavy atom. The normalized spacial score (nSPS) is 18.6. The summed E-state index contributed by atoms with van der Waals surface area (Å²) in [5.74, 6) is 1.52. The van der Waals surface area contributed by atoms with Gasteiger partial charge in [0.2, 0.25) is 0 Å². The standard InChI is InChI=1S/C16H21FN4O.FH.In/c1-3-14(11-17)5-4-6-20-7-9-21(10-8-20)16-15(22-2)12-18-13-19-16;;/h1,3,12-13H,4-10H2,2H3;1H;/q;;+1/p-1. The number of halogens is 2. The van der Waals surface area contributed by atoms with E-state index in [9.17, 15) is 7.06 Å². The molecule has 128 valence electrons. The molecule has 2 aliphatic rings. The molecule has 0 N–H and O–H groups in total. The molecule has 8 heteroatoms. The van der Waals surface area contributed by atoms with Crippen molar-refractivity contribution in [2.75, 3.05) is 44.7 Å². The number of hydrogen-bond donors (Lipinski definition) is 0. The fourth-order valence-corrected chi connectivity index (χ4v) is 6.44. The molecule has 3 heterocycles. The van der Waals surface area contributed by atoms with Gasteiger partial charge in [0.05, 0.1) is 7.11 Å². The van der Waals surface area contributed by atoms with Crippen molar-refractivity contribution >= 4 is 27.9 Å². The summed E-state index contributed by atoms with van der Waals surface area (Å²) in [5.41, 5.74) is 0.600. The van der Waals surface area contributed by atoms with E-state index in [1.165, 1.54) is 10.2 Å². The zero-order valence-corrected chi connectivity index (χ0v) is 17.1. The Morgan fingerprint density at radius 3 is 2.75 bits per heavy atom. The molecule has 24 heavy (non-hydrogen) atoms. The second-order valence-corrected chi connectivity index (χ2v) is 10.8. The van der Waals surface area contributed by atoms with Crippen LogP contribution in [0.4, 0.5) is 12.9 Å². The van der Waals surface area contributed by atoms with Crippen LogP contribution in [-0.2, 0) is 0 Å². The molecular formula is C16H21F2InN4O. The van der Waals surface area contributed by atoms with Crippen molar-refractivity contribution in [2.45, 2.75) is 12.8 Å². The maximum absolute atomic E-state index is 13.5. The van der Waals surface area contributed by atoms with Crippen molar-refractivity contribution in [3.8, 4) is 5.75 Å². The molecule has 5 nitrogen and oxygen atoms in total. The number of allylic oxidation sites excluding steroid dienone is 2. The zero-order chi connectivity index (χ0) is 16.9. The number of piperazine rings is 1. The van der Waals surface area contributed by atoms with Gasteiger partial charge < -0.3 is 0 Å². The Kier molecular flexibility index (Phi) is 6.10. The van der Waals surface area contributed by atoms with Gasteiger partial charge in [-0.3, -0.25) is 0 Å². The van der Waals surface area contributed by atoms with Gasteiger partial charge in [0.15, 0.2) is 0 Å². The second-order valence-electron chi connectivity index (χ2n) is 5.98. The van der Waals surface area contributed by atoms with E-state index in [1.807, 2.05) is 0 Å². The summed E-state index contributed by atoms with van der Waals surface area (Å²) in [6, 6.07) is 0. The minimum absolute atomic E-state index is 0.405. The average Bonchev–Trinajstić information content (AvgIpc) is 2.94. The molecule has 0 atom stereocenters. The number of rotatable bonds is 6. The van der Waals surface area contributed by atoms with E-state index in [0.29, 0.717) is 17.7 Å². The minimum atomic E-state index is -3.51. The summed E-state index contributed by atoms with van der Waals surface area (Å²) >= 11 is -3.51. The first kappa shape index (κ1) is 17.7. The van der Waals surface area contributed by atoms with Gasteiger partial charge in [-0.05, 0) is 0 Å². The van der Waals surface area contributed by atoms with E-state index in [4.69, 9.17) is 4.74 Å². The predicted molar refractivity (Wildman–Crippen MR) is 90.6 cm³/mol.